The Balaban J connectivity index is 2.18. The third-order valence-corrected chi connectivity index (χ3v) is 5.01. The minimum atomic E-state index is -3.84. The lowest BCUT2D eigenvalue weighted by Crippen LogP contribution is -2.42. The summed E-state index contributed by atoms with van der Waals surface area (Å²) in [6.45, 7) is 3.46. The van der Waals surface area contributed by atoms with Gasteiger partial charge in [0.2, 0.25) is 0 Å². The van der Waals surface area contributed by atoms with Crippen LogP contribution in [0.1, 0.15) is 21.5 Å². The number of nitrogens with one attached hydrogen (secondary N) is 2. The molecule has 0 bridgehead atoms. The van der Waals surface area contributed by atoms with Gasteiger partial charge in [-0.3, -0.25) is 10.2 Å². The summed E-state index contributed by atoms with van der Waals surface area (Å²) in [5, 5.41) is 0. The minimum Gasteiger partial charge on any atom is -0.273 e. The normalized spacial score (nSPS) is 11.2. The first kappa shape index (κ1) is 16.7. The first-order valence-corrected chi connectivity index (χ1v) is 8.73. The Morgan fingerprint density at radius 2 is 1.73 bits per heavy atom. The van der Waals surface area contributed by atoms with Crippen molar-refractivity contribution in [3.8, 4) is 0 Å². The molecule has 2 aromatic carbocycles. The van der Waals surface area contributed by atoms with Crippen LogP contribution in [0.15, 0.2) is 51.8 Å². The van der Waals surface area contributed by atoms with Crippen LogP contribution in [-0.4, -0.2) is 14.3 Å². The molecule has 0 atom stereocenters. The number of sulfonamides is 1. The number of benzene rings is 2. The average Bonchev–Trinajstić information content (AvgIpc) is 2.48. The van der Waals surface area contributed by atoms with Crippen LogP contribution in [0.5, 0.6) is 0 Å². The Kier molecular flexibility index (Phi) is 5.00. The number of carbonyl (C=O) groups excluding carboxylic acids is 1. The number of hydrazine groups is 1. The van der Waals surface area contributed by atoms with E-state index in [1.807, 2.05) is 0 Å². The highest BCUT2D eigenvalue weighted by Gasteiger charge is 2.18. The van der Waals surface area contributed by atoms with Gasteiger partial charge in [0, 0.05) is 10.0 Å². The van der Waals surface area contributed by atoms with E-state index in [2.05, 4.69) is 26.2 Å². The van der Waals surface area contributed by atoms with Gasteiger partial charge < -0.3 is 0 Å². The highest BCUT2D eigenvalue weighted by Crippen LogP contribution is 2.20. The molecule has 0 fully saturated rings. The lowest BCUT2D eigenvalue weighted by molar-refractivity contribution is 0.0944. The number of hydrogen-bond donors (Lipinski definition) is 2. The molecule has 2 N–H and O–H groups in total. The van der Waals surface area contributed by atoms with Crippen molar-refractivity contribution in [1.82, 2.24) is 10.3 Å². The average molecular weight is 383 g/mol. The molecule has 0 unspecified atom stereocenters. The Labute approximate surface area is 137 Å². The lowest BCUT2D eigenvalue weighted by atomic mass is 10.1. The molecule has 0 spiro atoms. The molecule has 0 radical (unpaired) electrons. The molecule has 2 aromatic rings. The number of halogens is 1. The number of hydrogen-bond acceptors (Lipinski definition) is 3. The maximum atomic E-state index is 12.3. The highest BCUT2D eigenvalue weighted by molar-refractivity contribution is 9.10. The molecule has 0 aromatic heterocycles. The van der Waals surface area contributed by atoms with E-state index in [-0.39, 0.29) is 4.90 Å². The third kappa shape index (κ3) is 3.73. The maximum absolute atomic E-state index is 12.3. The smallest absolute Gasteiger partial charge is 0.266 e. The first-order valence-electron chi connectivity index (χ1n) is 6.45. The summed E-state index contributed by atoms with van der Waals surface area (Å²) in [4.78, 5) is 14.3. The predicted octanol–water partition coefficient (Wildman–Crippen LogP) is 2.69. The van der Waals surface area contributed by atoms with Crippen LogP contribution in [-0.2, 0) is 10.0 Å². The molecule has 0 saturated carbocycles. The Morgan fingerprint density at radius 3 is 2.41 bits per heavy atom. The molecule has 0 aliphatic carbocycles. The fraction of sp³-hybridized carbons (Fsp3) is 0.133. The summed E-state index contributed by atoms with van der Waals surface area (Å²) in [5.41, 5.74) is 3.99. The monoisotopic (exact) mass is 382 g/mol. The van der Waals surface area contributed by atoms with Gasteiger partial charge in [0.05, 0.1) is 4.90 Å². The lowest BCUT2D eigenvalue weighted by Gasteiger charge is -2.11. The van der Waals surface area contributed by atoms with Gasteiger partial charge in [0.1, 0.15) is 0 Å². The summed E-state index contributed by atoms with van der Waals surface area (Å²) in [6.07, 6.45) is 0. The summed E-state index contributed by atoms with van der Waals surface area (Å²) in [7, 11) is -3.84. The van der Waals surface area contributed by atoms with E-state index in [1.165, 1.54) is 6.07 Å². The standard InChI is InChI=1S/C15H15BrN2O3S/c1-10-5-3-4-6-13(10)15(19)17-18-22(20,21)14-9-12(16)8-7-11(14)2/h3-9,18H,1-2H3,(H,17,19). The van der Waals surface area contributed by atoms with Gasteiger partial charge >= 0.3 is 0 Å². The van der Waals surface area contributed by atoms with E-state index >= 15 is 0 Å². The number of aryl methyl sites for hydroxylation is 2. The Bertz CT molecular complexity index is 819. The molecule has 1 amide bonds. The SMILES string of the molecule is Cc1ccccc1C(=O)NNS(=O)(=O)c1cc(Br)ccc1C. The van der Waals surface area contributed by atoms with Gasteiger partial charge in [-0.05, 0) is 43.2 Å². The maximum Gasteiger partial charge on any atom is 0.266 e. The molecule has 0 saturated heterocycles. The second kappa shape index (κ2) is 6.60. The van der Waals surface area contributed by atoms with Crippen molar-refractivity contribution in [2.75, 3.05) is 0 Å². The zero-order valence-electron chi connectivity index (χ0n) is 12.1. The van der Waals surface area contributed by atoms with Gasteiger partial charge in [-0.15, -0.1) is 4.83 Å². The zero-order chi connectivity index (χ0) is 16.3. The second-order valence-electron chi connectivity index (χ2n) is 4.78. The fourth-order valence-corrected chi connectivity index (χ4v) is 3.55. The Morgan fingerprint density at radius 1 is 1.05 bits per heavy atom. The van der Waals surface area contributed by atoms with E-state index in [1.54, 1.807) is 50.2 Å². The van der Waals surface area contributed by atoms with E-state index in [9.17, 15) is 13.2 Å². The summed E-state index contributed by atoms with van der Waals surface area (Å²) < 4.78 is 25.2. The molecule has 22 heavy (non-hydrogen) atoms. The van der Waals surface area contributed by atoms with Crippen molar-refractivity contribution in [2.24, 2.45) is 0 Å². The number of rotatable bonds is 4. The summed E-state index contributed by atoms with van der Waals surface area (Å²) >= 11 is 3.24. The molecule has 116 valence electrons. The van der Waals surface area contributed by atoms with Crippen LogP contribution in [0.2, 0.25) is 0 Å². The second-order valence-corrected chi connectivity index (χ2v) is 7.35. The highest BCUT2D eigenvalue weighted by atomic mass is 79.9. The van der Waals surface area contributed by atoms with Crippen molar-refractivity contribution in [2.45, 2.75) is 18.7 Å². The number of carbonyl (C=O) groups is 1. The minimum absolute atomic E-state index is 0.104. The van der Waals surface area contributed by atoms with Crippen molar-refractivity contribution >= 4 is 31.9 Å². The number of amides is 1. The summed E-state index contributed by atoms with van der Waals surface area (Å²) in [6, 6.07) is 11.8. The molecular formula is C15H15BrN2O3S. The molecule has 0 aliphatic rings. The summed E-state index contributed by atoms with van der Waals surface area (Å²) in [5.74, 6) is -0.505. The Hall–Kier alpha value is -1.70. The van der Waals surface area contributed by atoms with E-state index in [0.717, 1.165) is 5.56 Å². The van der Waals surface area contributed by atoms with Gasteiger partial charge in [0.25, 0.3) is 15.9 Å². The van der Waals surface area contributed by atoms with Crippen molar-refractivity contribution < 1.29 is 13.2 Å². The van der Waals surface area contributed by atoms with Crippen molar-refractivity contribution in [1.29, 1.82) is 0 Å². The largest absolute Gasteiger partial charge is 0.273 e. The molecule has 0 heterocycles. The topological polar surface area (TPSA) is 75.3 Å². The van der Waals surface area contributed by atoms with Gasteiger partial charge in [-0.25, -0.2) is 8.42 Å². The van der Waals surface area contributed by atoms with Crippen molar-refractivity contribution in [3.05, 3.63) is 63.6 Å². The third-order valence-electron chi connectivity index (χ3n) is 3.13. The van der Waals surface area contributed by atoms with Gasteiger partial charge in [0.15, 0.2) is 0 Å². The molecule has 7 heteroatoms. The van der Waals surface area contributed by atoms with E-state index < -0.39 is 15.9 Å². The van der Waals surface area contributed by atoms with Crippen LogP contribution in [0.4, 0.5) is 0 Å². The first-order chi connectivity index (χ1) is 10.3. The van der Waals surface area contributed by atoms with Gasteiger partial charge in [-0.1, -0.05) is 40.2 Å². The quantitative estimate of drug-likeness (QED) is 0.798. The van der Waals surface area contributed by atoms with Crippen LogP contribution < -0.4 is 10.3 Å². The van der Waals surface area contributed by atoms with Gasteiger partial charge in [-0.2, -0.15) is 0 Å². The van der Waals surface area contributed by atoms with Crippen LogP contribution in [0.3, 0.4) is 0 Å². The predicted molar refractivity (Wildman–Crippen MR) is 87.8 cm³/mol. The van der Waals surface area contributed by atoms with E-state index in [4.69, 9.17) is 0 Å². The molecule has 2 rings (SSSR count). The fourth-order valence-electron chi connectivity index (χ4n) is 1.93. The van der Waals surface area contributed by atoms with E-state index in [0.29, 0.717) is 15.6 Å². The molecule has 5 nitrogen and oxygen atoms in total. The van der Waals surface area contributed by atoms with Crippen LogP contribution >= 0.6 is 15.9 Å². The zero-order valence-corrected chi connectivity index (χ0v) is 14.5. The molecular weight excluding hydrogens is 368 g/mol. The molecule has 0 aliphatic heterocycles. The van der Waals surface area contributed by atoms with Crippen LogP contribution in [0.25, 0.3) is 0 Å². The van der Waals surface area contributed by atoms with Crippen LogP contribution in [0, 0.1) is 13.8 Å². The van der Waals surface area contributed by atoms with Crippen molar-refractivity contribution in [3.63, 3.8) is 0 Å².